The van der Waals surface area contributed by atoms with Crippen molar-refractivity contribution in [2.75, 3.05) is 13.1 Å². The van der Waals surface area contributed by atoms with Crippen LogP contribution in [0.5, 0.6) is 0 Å². The predicted molar refractivity (Wildman–Crippen MR) is 107 cm³/mol. The molecule has 4 rings (SSSR count). The van der Waals surface area contributed by atoms with E-state index in [1.54, 1.807) is 31.0 Å². The highest BCUT2D eigenvalue weighted by Crippen LogP contribution is 2.34. The Morgan fingerprint density at radius 3 is 2.68 bits per heavy atom. The van der Waals surface area contributed by atoms with Crippen molar-refractivity contribution in [3.8, 4) is 10.4 Å². The molecule has 0 radical (unpaired) electrons. The lowest BCUT2D eigenvalue weighted by Crippen LogP contribution is -2.48. The molecule has 4 heterocycles. The van der Waals surface area contributed by atoms with Gasteiger partial charge < -0.3 is 9.67 Å². The molecule has 3 aromatic rings. The molecule has 148 valence electrons. The molecule has 0 aliphatic carbocycles. The normalized spacial score (nSPS) is 17.6. The minimum Gasteiger partial charge on any atom is -0.388 e. The van der Waals surface area contributed by atoms with Gasteiger partial charge in [-0.1, -0.05) is 0 Å². The highest BCUT2D eigenvalue weighted by Gasteiger charge is 2.37. The molecular formula is C19H22N4O3S2. The molecule has 1 N–H and O–H groups in total. The van der Waals surface area contributed by atoms with Crippen LogP contribution >= 0.6 is 11.3 Å². The van der Waals surface area contributed by atoms with Gasteiger partial charge in [-0.2, -0.15) is 4.31 Å². The van der Waals surface area contributed by atoms with Gasteiger partial charge in [0.25, 0.3) is 10.0 Å². The molecule has 0 bridgehead atoms. The van der Waals surface area contributed by atoms with E-state index in [2.05, 4.69) is 9.97 Å². The van der Waals surface area contributed by atoms with E-state index in [-0.39, 0.29) is 0 Å². The van der Waals surface area contributed by atoms with E-state index in [0.29, 0.717) is 36.7 Å². The first kappa shape index (κ1) is 19.3. The molecule has 0 spiro atoms. The maximum atomic E-state index is 13.1. The number of thiophene rings is 1. The van der Waals surface area contributed by atoms with Gasteiger partial charge in [0, 0.05) is 42.3 Å². The minimum absolute atomic E-state index is 0.301. The van der Waals surface area contributed by atoms with Crippen LogP contribution in [-0.4, -0.2) is 51.1 Å². The maximum absolute atomic E-state index is 13.1. The molecule has 0 amide bonds. The Kier molecular flexibility index (Phi) is 5.09. The SMILES string of the molecule is Cc1cc(-c2ccc(S(=O)(=O)N3CCC(O)(Cn4ccnc4)CC3)s2)ccn1. The Morgan fingerprint density at radius 2 is 2.00 bits per heavy atom. The topological polar surface area (TPSA) is 88.3 Å². The molecule has 1 aliphatic rings. The molecule has 7 nitrogen and oxygen atoms in total. The van der Waals surface area contributed by atoms with Crippen molar-refractivity contribution in [2.45, 2.75) is 36.1 Å². The highest BCUT2D eigenvalue weighted by molar-refractivity contribution is 7.91. The van der Waals surface area contributed by atoms with Gasteiger partial charge >= 0.3 is 0 Å². The number of aryl methyl sites for hydroxylation is 1. The quantitative estimate of drug-likeness (QED) is 0.688. The smallest absolute Gasteiger partial charge is 0.252 e. The summed E-state index contributed by atoms with van der Waals surface area (Å²) in [6.45, 7) is 2.93. The Bertz CT molecular complexity index is 1050. The zero-order valence-corrected chi connectivity index (χ0v) is 17.2. The average molecular weight is 419 g/mol. The van der Waals surface area contributed by atoms with Gasteiger partial charge in [0.1, 0.15) is 4.21 Å². The molecule has 1 fully saturated rings. The molecule has 0 saturated carbocycles. The van der Waals surface area contributed by atoms with E-state index in [1.165, 1.54) is 15.6 Å². The first-order chi connectivity index (χ1) is 13.4. The summed E-state index contributed by atoms with van der Waals surface area (Å²) in [6.07, 6.45) is 7.65. The minimum atomic E-state index is -3.57. The van der Waals surface area contributed by atoms with Crippen LogP contribution in [-0.2, 0) is 16.6 Å². The van der Waals surface area contributed by atoms with E-state index < -0.39 is 15.6 Å². The number of hydrogen-bond acceptors (Lipinski definition) is 6. The van der Waals surface area contributed by atoms with Crippen molar-refractivity contribution < 1.29 is 13.5 Å². The monoisotopic (exact) mass is 418 g/mol. The zero-order valence-electron chi connectivity index (χ0n) is 15.5. The van der Waals surface area contributed by atoms with Crippen molar-refractivity contribution in [1.29, 1.82) is 0 Å². The van der Waals surface area contributed by atoms with Gasteiger partial charge in [0.2, 0.25) is 0 Å². The van der Waals surface area contributed by atoms with Gasteiger partial charge in [-0.25, -0.2) is 13.4 Å². The summed E-state index contributed by atoms with van der Waals surface area (Å²) in [4.78, 5) is 9.07. The lowest BCUT2D eigenvalue weighted by atomic mass is 9.92. The Morgan fingerprint density at radius 1 is 1.21 bits per heavy atom. The summed E-state index contributed by atoms with van der Waals surface area (Å²) in [5.74, 6) is 0. The number of pyridine rings is 1. The summed E-state index contributed by atoms with van der Waals surface area (Å²) >= 11 is 1.27. The van der Waals surface area contributed by atoms with Crippen molar-refractivity contribution in [1.82, 2.24) is 18.8 Å². The average Bonchev–Trinajstić information content (AvgIpc) is 3.34. The summed E-state index contributed by atoms with van der Waals surface area (Å²) in [7, 11) is -3.57. The largest absolute Gasteiger partial charge is 0.388 e. The molecule has 9 heteroatoms. The Hall–Kier alpha value is -2.07. The van der Waals surface area contributed by atoms with Gasteiger partial charge in [-0.05, 0) is 49.6 Å². The van der Waals surface area contributed by atoms with Crippen LogP contribution in [0.3, 0.4) is 0 Å². The molecule has 3 aromatic heterocycles. The molecule has 0 atom stereocenters. The first-order valence-electron chi connectivity index (χ1n) is 9.07. The Balaban J connectivity index is 1.48. The standard InChI is InChI=1S/C19H22N4O3S2/c1-15-12-16(4-7-21-15)17-2-3-18(27-17)28(25,26)23-9-5-19(24,6-10-23)13-22-11-8-20-14-22/h2-4,7-8,11-12,14,24H,5-6,9-10,13H2,1H3. The van der Waals surface area contributed by atoms with Crippen molar-refractivity contribution in [2.24, 2.45) is 0 Å². The van der Waals surface area contributed by atoms with E-state index in [4.69, 9.17) is 0 Å². The van der Waals surface area contributed by atoms with Crippen LogP contribution in [0.2, 0.25) is 0 Å². The summed E-state index contributed by atoms with van der Waals surface area (Å²) in [5.41, 5.74) is 0.942. The number of imidazole rings is 1. The van der Waals surface area contributed by atoms with Crippen LogP contribution in [0, 0.1) is 6.92 Å². The molecule has 0 aromatic carbocycles. The van der Waals surface area contributed by atoms with Crippen LogP contribution in [0.25, 0.3) is 10.4 Å². The molecule has 28 heavy (non-hydrogen) atoms. The number of aliphatic hydroxyl groups is 1. The van der Waals surface area contributed by atoms with Crippen molar-refractivity contribution in [3.05, 3.63) is 54.9 Å². The first-order valence-corrected chi connectivity index (χ1v) is 11.3. The van der Waals surface area contributed by atoms with Crippen LogP contribution < -0.4 is 0 Å². The van der Waals surface area contributed by atoms with Gasteiger partial charge in [-0.15, -0.1) is 11.3 Å². The van der Waals surface area contributed by atoms with Crippen molar-refractivity contribution in [3.63, 3.8) is 0 Å². The van der Waals surface area contributed by atoms with Crippen molar-refractivity contribution >= 4 is 21.4 Å². The fraction of sp³-hybridized carbons (Fsp3) is 0.368. The van der Waals surface area contributed by atoms with E-state index in [9.17, 15) is 13.5 Å². The second-order valence-corrected chi connectivity index (χ2v) is 10.4. The fourth-order valence-electron chi connectivity index (χ4n) is 3.46. The second-order valence-electron chi connectivity index (χ2n) is 7.17. The van der Waals surface area contributed by atoms with E-state index in [1.807, 2.05) is 29.7 Å². The third-order valence-electron chi connectivity index (χ3n) is 5.05. The Labute approximate surface area is 168 Å². The summed E-state index contributed by atoms with van der Waals surface area (Å²) in [6, 6.07) is 7.33. The molecule has 0 unspecified atom stereocenters. The molecule has 1 aliphatic heterocycles. The number of nitrogens with zero attached hydrogens (tertiary/aromatic N) is 4. The van der Waals surface area contributed by atoms with Crippen LogP contribution in [0.1, 0.15) is 18.5 Å². The van der Waals surface area contributed by atoms with Gasteiger partial charge in [0.15, 0.2) is 0 Å². The third-order valence-corrected chi connectivity index (χ3v) is 8.55. The van der Waals surface area contributed by atoms with E-state index >= 15 is 0 Å². The zero-order chi connectivity index (χ0) is 19.8. The van der Waals surface area contributed by atoms with Crippen LogP contribution in [0.4, 0.5) is 0 Å². The summed E-state index contributed by atoms with van der Waals surface area (Å²) < 4.78 is 29.7. The number of rotatable bonds is 5. The van der Waals surface area contributed by atoms with Gasteiger partial charge in [0.05, 0.1) is 18.5 Å². The maximum Gasteiger partial charge on any atom is 0.252 e. The van der Waals surface area contributed by atoms with Crippen LogP contribution in [0.15, 0.2) is 53.4 Å². The molecule has 1 saturated heterocycles. The lowest BCUT2D eigenvalue weighted by Gasteiger charge is -2.37. The summed E-state index contributed by atoms with van der Waals surface area (Å²) in [5, 5.41) is 10.8. The highest BCUT2D eigenvalue weighted by atomic mass is 32.2. The molecular weight excluding hydrogens is 396 g/mol. The van der Waals surface area contributed by atoms with Gasteiger partial charge in [-0.3, -0.25) is 4.98 Å². The lowest BCUT2D eigenvalue weighted by molar-refractivity contribution is -0.0194. The number of piperidine rings is 1. The third kappa shape index (κ3) is 3.88. The van der Waals surface area contributed by atoms with E-state index in [0.717, 1.165) is 16.1 Å². The number of sulfonamides is 1. The predicted octanol–water partition coefficient (Wildman–Crippen LogP) is 2.53. The second kappa shape index (κ2) is 7.40. The number of aromatic nitrogens is 3. The number of hydrogen-bond donors (Lipinski definition) is 1. The fourth-order valence-corrected chi connectivity index (χ4v) is 6.36.